The molecule has 0 aliphatic rings. The lowest BCUT2D eigenvalue weighted by Gasteiger charge is -1.89. The highest BCUT2D eigenvalue weighted by molar-refractivity contribution is 9.10. The summed E-state index contributed by atoms with van der Waals surface area (Å²) in [7, 11) is 0. The smallest absolute Gasteiger partial charge is 0.179 e. The predicted molar refractivity (Wildman–Crippen MR) is 61.5 cm³/mol. The third-order valence-corrected chi connectivity index (χ3v) is 2.93. The molecule has 2 heterocycles. The van der Waals surface area contributed by atoms with Crippen molar-refractivity contribution in [3.63, 3.8) is 0 Å². The van der Waals surface area contributed by atoms with Crippen molar-refractivity contribution >= 4 is 27.0 Å². The highest BCUT2D eigenvalue weighted by Crippen LogP contribution is 2.28. The van der Waals surface area contributed by atoms with E-state index in [1.807, 2.05) is 0 Å². The van der Waals surface area contributed by atoms with Gasteiger partial charge in [-0.2, -0.15) is 0 Å². The van der Waals surface area contributed by atoms with E-state index in [2.05, 4.69) is 25.9 Å². The van der Waals surface area contributed by atoms with E-state index < -0.39 is 0 Å². The maximum absolute atomic E-state index is 13.0. The average Bonchev–Trinajstić information content (AvgIpc) is 2.82. The van der Waals surface area contributed by atoms with Crippen LogP contribution in [0.1, 0.15) is 0 Å². The van der Waals surface area contributed by atoms with Crippen LogP contribution in [-0.2, 0) is 0 Å². The molecule has 3 nitrogen and oxygen atoms in total. The number of hydrogen-bond donors (Lipinski definition) is 1. The summed E-state index contributed by atoms with van der Waals surface area (Å²) in [5.74, 6) is 0.371. The number of furan rings is 1. The summed E-state index contributed by atoms with van der Waals surface area (Å²) in [5, 5.41) is 0. The van der Waals surface area contributed by atoms with Crippen LogP contribution in [0.4, 0.5) is 4.39 Å². The first-order chi connectivity index (χ1) is 7.74. The molecule has 0 atom stereocenters. The summed E-state index contributed by atoms with van der Waals surface area (Å²) in [4.78, 5) is 7.38. The molecule has 0 saturated carbocycles. The number of imidazole rings is 1. The van der Waals surface area contributed by atoms with Crippen LogP contribution in [0.2, 0.25) is 0 Å². The van der Waals surface area contributed by atoms with E-state index in [-0.39, 0.29) is 5.82 Å². The molecular formula is C11H6BrFN2O. The molecule has 0 spiro atoms. The number of hydrogen-bond acceptors (Lipinski definition) is 2. The van der Waals surface area contributed by atoms with Gasteiger partial charge in [0.05, 0.1) is 22.9 Å². The van der Waals surface area contributed by atoms with Crippen molar-refractivity contribution in [1.29, 1.82) is 0 Å². The molecule has 2 aromatic heterocycles. The van der Waals surface area contributed by atoms with Gasteiger partial charge < -0.3 is 9.40 Å². The molecule has 0 radical (unpaired) electrons. The molecule has 0 fully saturated rings. The second kappa shape index (κ2) is 3.45. The average molecular weight is 281 g/mol. The van der Waals surface area contributed by atoms with E-state index in [1.54, 1.807) is 18.4 Å². The Hall–Kier alpha value is -1.62. The van der Waals surface area contributed by atoms with E-state index >= 15 is 0 Å². The Morgan fingerprint density at radius 2 is 2.19 bits per heavy atom. The SMILES string of the molecule is Fc1ccc2nc(-c3ccoc3Br)[nH]c2c1. The maximum Gasteiger partial charge on any atom is 0.179 e. The molecule has 0 saturated heterocycles. The minimum atomic E-state index is -0.283. The number of nitrogens with zero attached hydrogens (tertiary/aromatic N) is 1. The fourth-order valence-corrected chi connectivity index (χ4v) is 2.00. The molecule has 0 aliphatic carbocycles. The van der Waals surface area contributed by atoms with Gasteiger partial charge in [0.1, 0.15) is 11.6 Å². The summed E-state index contributed by atoms with van der Waals surface area (Å²) in [6.45, 7) is 0. The van der Waals surface area contributed by atoms with Crippen LogP contribution in [0.15, 0.2) is 39.6 Å². The van der Waals surface area contributed by atoms with Crippen LogP contribution in [-0.4, -0.2) is 9.97 Å². The van der Waals surface area contributed by atoms with Gasteiger partial charge in [-0.05, 0) is 40.2 Å². The Labute approximate surface area is 98.4 Å². The van der Waals surface area contributed by atoms with Crippen molar-refractivity contribution in [3.8, 4) is 11.4 Å². The van der Waals surface area contributed by atoms with Gasteiger partial charge in [0.15, 0.2) is 4.67 Å². The summed E-state index contributed by atoms with van der Waals surface area (Å²) >= 11 is 3.27. The summed E-state index contributed by atoms with van der Waals surface area (Å²) in [6, 6.07) is 6.23. The Morgan fingerprint density at radius 3 is 2.94 bits per heavy atom. The van der Waals surface area contributed by atoms with Crippen LogP contribution in [0.3, 0.4) is 0 Å². The van der Waals surface area contributed by atoms with Gasteiger partial charge in [-0.25, -0.2) is 9.37 Å². The van der Waals surface area contributed by atoms with E-state index in [1.165, 1.54) is 12.1 Å². The van der Waals surface area contributed by atoms with Gasteiger partial charge >= 0.3 is 0 Å². The second-order valence-electron chi connectivity index (χ2n) is 3.35. The minimum absolute atomic E-state index is 0.283. The number of aromatic amines is 1. The summed E-state index contributed by atoms with van der Waals surface area (Å²) in [6.07, 6.45) is 1.56. The van der Waals surface area contributed by atoms with Crippen molar-refractivity contribution in [2.75, 3.05) is 0 Å². The lowest BCUT2D eigenvalue weighted by molar-refractivity contribution is 0.542. The Kier molecular flexibility index (Phi) is 2.07. The Morgan fingerprint density at radius 1 is 1.31 bits per heavy atom. The zero-order valence-electron chi connectivity index (χ0n) is 8.00. The van der Waals surface area contributed by atoms with Crippen LogP contribution in [0.5, 0.6) is 0 Å². The van der Waals surface area contributed by atoms with Gasteiger partial charge in [-0.15, -0.1) is 0 Å². The molecule has 3 rings (SSSR count). The number of rotatable bonds is 1. The van der Waals surface area contributed by atoms with Crippen molar-refractivity contribution in [1.82, 2.24) is 9.97 Å². The highest BCUT2D eigenvalue weighted by Gasteiger charge is 2.10. The third kappa shape index (κ3) is 1.44. The van der Waals surface area contributed by atoms with Gasteiger partial charge in [0.2, 0.25) is 0 Å². The first-order valence-corrected chi connectivity index (χ1v) is 5.42. The fraction of sp³-hybridized carbons (Fsp3) is 0. The number of H-pyrrole nitrogens is 1. The third-order valence-electron chi connectivity index (χ3n) is 2.32. The largest absolute Gasteiger partial charge is 0.457 e. The molecule has 3 aromatic rings. The van der Waals surface area contributed by atoms with Crippen LogP contribution >= 0.6 is 15.9 Å². The molecule has 1 N–H and O–H groups in total. The van der Waals surface area contributed by atoms with Crippen molar-refractivity contribution in [2.24, 2.45) is 0 Å². The topological polar surface area (TPSA) is 41.8 Å². The standard InChI is InChI=1S/C11H6BrFN2O/c12-10-7(3-4-16-10)11-14-8-2-1-6(13)5-9(8)15-11/h1-5H,(H,14,15). The molecular weight excluding hydrogens is 275 g/mol. The summed E-state index contributed by atoms with van der Waals surface area (Å²) < 4.78 is 18.7. The molecule has 0 aliphatic heterocycles. The highest BCUT2D eigenvalue weighted by atomic mass is 79.9. The minimum Gasteiger partial charge on any atom is -0.457 e. The normalized spacial score (nSPS) is 11.1. The van der Waals surface area contributed by atoms with Gasteiger partial charge in [0.25, 0.3) is 0 Å². The molecule has 16 heavy (non-hydrogen) atoms. The van der Waals surface area contributed by atoms with Gasteiger partial charge in [0, 0.05) is 0 Å². The van der Waals surface area contributed by atoms with Crippen LogP contribution in [0.25, 0.3) is 22.4 Å². The lowest BCUT2D eigenvalue weighted by Crippen LogP contribution is -1.76. The zero-order chi connectivity index (χ0) is 11.1. The Bertz CT molecular complexity index is 659. The number of nitrogens with one attached hydrogen (secondary N) is 1. The van der Waals surface area contributed by atoms with Gasteiger partial charge in [-0.1, -0.05) is 0 Å². The molecule has 0 amide bonds. The molecule has 0 unspecified atom stereocenters. The van der Waals surface area contributed by atoms with E-state index in [0.717, 1.165) is 11.1 Å². The number of fused-ring (bicyclic) bond motifs is 1. The summed E-state index contributed by atoms with van der Waals surface area (Å²) in [5.41, 5.74) is 2.21. The Balaban J connectivity index is 2.23. The first kappa shape index (κ1) is 9.59. The van der Waals surface area contributed by atoms with Crippen molar-refractivity contribution in [3.05, 3.63) is 41.0 Å². The molecule has 80 valence electrons. The van der Waals surface area contributed by atoms with Crippen LogP contribution < -0.4 is 0 Å². The zero-order valence-corrected chi connectivity index (χ0v) is 9.58. The van der Waals surface area contributed by atoms with Crippen molar-refractivity contribution < 1.29 is 8.81 Å². The monoisotopic (exact) mass is 280 g/mol. The van der Waals surface area contributed by atoms with Gasteiger partial charge in [-0.3, -0.25) is 0 Å². The fourth-order valence-electron chi connectivity index (χ4n) is 1.57. The van der Waals surface area contributed by atoms with E-state index in [4.69, 9.17) is 4.42 Å². The van der Waals surface area contributed by atoms with Crippen LogP contribution in [0, 0.1) is 5.82 Å². The second-order valence-corrected chi connectivity index (χ2v) is 4.08. The maximum atomic E-state index is 13.0. The predicted octanol–water partition coefficient (Wildman–Crippen LogP) is 3.72. The van der Waals surface area contributed by atoms with Crippen molar-refractivity contribution in [2.45, 2.75) is 0 Å². The first-order valence-electron chi connectivity index (χ1n) is 4.63. The number of benzene rings is 1. The lowest BCUT2D eigenvalue weighted by atomic mass is 10.3. The quantitative estimate of drug-likeness (QED) is 0.738. The molecule has 1 aromatic carbocycles. The molecule has 0 bridgehead atoms. The van der Waals surface area contributed by atoms with E-state index in [0.29, 0.717) is 16.0 Å². The number of halogens is 2. The number of aromatic nitrogens is 2. The van der Waals surface area contributed by atoms with E-state index in [9.17, 15) is 4.39 Å². The molecule has 5 heteroatoms.